The number of carboxylic acid groups (broad SMARTS) is 1. The highest BCUT2D eigenvalue weighted by atomic mass is 16.5. The Morgan fingerprint density at radius 1 is 0.894 bits per heavy atom. The Morgan fingerprint density at radius 3 is 2.17 bits per heavy atom. The molecule has 0 radical (unpaired) electrons. The number of anilines is 1. The largest absolute Gasteiger partial charge is 0.465 e. The van der Waals surface area contributed by atoms with Gasteiger partial charge in [0.1, 0.15) is 6.04 Å². The van der Waals surface area contributed by atoms with Gasteiger partial charge in [-0.05, 0) is 46.4 Å². The van der Waals surface area contributed by atoms with Crippen molar-refractivity contribution in [3.63, 3.8) is 0 Å². The van der Waals surface area contributed by atoms with Gasteiger partial charge in [-0.3, -0.25) is 4.79 Å². The Bertz CT molecular complexity index is 1700. The molecule has 0 aliphatic carbocycles. The maximum atomic E-state index is 13.9. The number of para-hydroxylation sites is 1. The van der Waals surface area contributed by atoms with Gasteiger partial charge in [0.25, 0.3) is 0 Å². The summed E-state index contributed by atoms with van der Waals surface area (Å²) in [6, 6.07) is 35.3. The first-order valence-electron chi connectivity index (χ1n) is 15.7. The van der Waals surface area contributed by atoms with Crippen LogP contribution >= 0.6 is 0 Å². The van der Waals surface area contributed by atoms with Gasteiger partial charge in [0.2, 0.25) is 5.91 Å². The molecule has 1 saturated heterocycles. The molecular weight excluding hydrogens is 594 g/mol. The third kappa shape index (κ3) is 8.26. The summed E-state index contributed by atoms with van der Waals surface area (Å²) in [5, 5.41) is 31.7. The van der Waals surface area contributed by atoms with E-state index in [4.69, 9.17) is 4.74 Å². The predicted molar refractivity (Wildman–Crippen MR) is 177 cm³/mol. The average molecular weight is 632 g/mol. The number of benzene rings is 4. The molecule has 240 valence electrons. The van der Waals surface area contributed by atoms with Crippen molar-refractivity contribution in [1.29, 1.82) is 0 Å². The SMILES string of the molecule is O=C(O)N[C@H](C(=O)Nc1ccccc1CC[C@@H]1CN[C@H](c2nnn(Cc3ccccc3)n2)CO1)C(c1ccccc1)c1ccccc1. The number of carbonyl (C=O) groups is 2. The predicted octanol–water partition coefficient (Wildman–Crippen LogP) is 4.79. The molecule has 2 heterocycles. The van der Waals surface area contributed by atoms with E-state index in [2.05, 4.69) is 31.4 Å². The molecule has 4 N–H and O–H groups in total. The minimum atomic E-state index is -1.27. The van der Waals surface area contributed by atoms with Crippen LogP contribution in [0.25, 0.3) is 0 Å². The number of amides is 2. The monoisotopic (exact) mass is 631 g/mol. The minimum absolute atomic E-state index is 0.0451. The molecule has 11 heteroatoms. The van der Waals surface area contributed by atoms with E-state index in [1.807, 2.05) is 115 Å². The Morgan fingerprint density at radius 2 is 1.53 bits per heavy atom. The highest BCUT2D eigenvalue weighted by molar-refractivity contribution is 5.98. The molecule has 4 aromatic carbocycles. The molecule has 0 unspecified atom stereocenters. The van der Waals surface area contributed by atoms with E-state index < -0.39 is 24.0 Å². The van der Waals surface area contributed by atoms with Crippen molar-refractivity contribution in [2.75, 3.05) is 18.5 Å². The second-order valence-electron chi connectivity index (χ2n) is 11.5. The second-order valence-corrected chi connectivity index (χ2v) is 11.5. The zero-order chi connectivity index (χ0) is 32.4. The van der Waals surface area contributed by atoms with Gasteiger partial charge in [-0.2, -0.15) is 4.80 Å². The molecule has 5 aromatic rings. The summed E-state index contributed by atoms with van der Waals surface area (Å²) < 4.78 is 6.18. The highest BCUT2D eigenvalue weighted by Gasteiger charge is 2.33. The standard InChI is InChI=1S/C36H37N7O4/c44-35(33(39-36(45)46)32(27-15-6-2-7-16-27)28-17-8-3-9-18-28)38-30-19-11-10-14-26(30)20-21-29-22-37-31(24-47-29)34-40-42-43(41-34)23-25-12-4-1-5-13-25/h1-19,29,31-33,37,39H,20-24H2,(H,38,44)(H,45,46)/t29-,31+,33+/m1/s1. The Labute approximate surface area is 273 Å². The molecule has 1 aromatic heterocycles. The van der Waals surface area contributed by atoms with Crippen LogP contribution in [0.15, 0.2) is 115 Å². The zero-order valence-electron chi connectivity index (χ0n) is 25.8. The Kier molecular flexibility index (Phi) is 10.3. The lowest BCUT2D eigenvalue weighted by Gasteiger charge is -2.29. The van der Waals surface area contributed by atoms with Gasteiger partial charge in [-0.15, -0.1) is 10.2 Å². The molecule has 0 saturated carbocycles. The maximum Gasteiger partial charge on any atom is 0.405 e. The molecule has 1 aliphatic heterocycles. The van der Waals surface area contributed by atoms with Crippen molar-refractivity contribution >= 4 is 17.7 Å². The van der Waals surface area contributed by atoms with E-state index in [1.165, 1.54) is 0 Å². The molecule has 3 atom stereocenters. The summed E-state index contributed by atoms with van der Waals surface area (Å²) in [7, 11) is 0. The van der Waals surface area contributed by atoms with E-state index in [0.717, 1.165) is 22.3 Å². The van der Waals surface area contributed by atoms with Gasteiger partial charge in [-0.25, -0.2) is 4.79 Å². The van der Waals surface area contributed by atoms with Gasteiger partial charge >= 0.3 is 6.09 Å². The number of aryl methyl sites for hydroxylation is 1. The number of aromatic nitrogens is 4. The van der Waals surface area contributed by atoms with Crippen LogP contribution in [0.4, 0.5) is 10.5 Å². The van der Waals surface area contributed by atoms with Crippen molar-refractivity contribution in [3.05, 3.63) is 143 Å². The summed E-state index contributed by atoms with van der Waals surface area (Å²) in [4.78, 5) is 27.4. The number of nitrogens with zero attached hydrogens (tertiary/aromatic N) is 4. The second kappa shape index (κ2) is 15.3. The summed E-state index contributed by atoms with van der Waals surface area (Å²) in [5.41, 5.74) is 4.32. The fourth-order valence-electron chi connectivity index (χ4n) is 5.90. The molecule has 1 fully saturated rings. The van der Waals surface area contributed by atoms with Gasteiger partial charge in [-0.1, -0.05) is 109 Å². The van der Waals surface area contributed by atoms with Crippen molar-refractivity contribution < 1.29 is 19.4 Å². The first kappa shape index (κ1) is 31.6. The normalized spacial score (nSPS) is 16.8. The summed E-state index contributed by atoms with van der Waals surface area (Å²) in [6.07, 6.45) is 0.0474. The van der Waals surface area contributed by atoms with Crippen LogP contribution in [0.5, 0.6) is 0 Å². The minimum Gasteiger partial charge on any atom is -0.465 e. The third-order valence-electron chi connectivity index (χ3n) is 8.26. The Hall–Kier alpha value is -5.39. The van der Waals surface area contributed by atoms with E-state index in [9.17, 15) is 14.7 Å². The van der Waals surface area contributed by atoms with Crippen LogP contribution < -0.4 is 16.0 Å². The molecule has 47 heavy (non-hydrogen) atoms. The Balaban J connectivity index is 1.09. The topological polar surface area (TPSA) is 143 Å². The van der Waals surface area contributed by atoms with Crippen molar-refractivity contribution in [2.24, 2.45) is 0 Å². The quantitative estimate of drug-likeness (QED) is 0.154. The van der Waals surface area contributed by atoms with Crippen LogP contribution in [0, 0.1) is 0 Å². The number of ether oxygens (including phenoxy) is 1. The van der Waals surface area contributed by atoms with Crippen LogP contribution in [-0.4, -0.2) is 62.6 Å². The van der Waals surface area contributed by atoms with E-state index in [-0.39, 0.29) is 12.1 Å². The number of hydrogen-bond donors (Lipinski definition) is 4. The van der Waals surface area contributed by atoms with E-state index in [1.54, 1.807) is 4.80 Å². The average Bonchev–Trinajstić information content (AvgIpc) is 3.57. The van der Waals surface area contributed by atoms with Crippen LogP contribution in [0.1, 0.15) is 46.5 Å². The lowest BCUT2D eigenvalue weighted by molar-refractivity contribution is -0.118. The van der Waals surface area contributed by atoms with E-state index >= 15 is 0 Å². The molecular formula is C36H37N7O4. The molecule has 11 nitrogen and oxygen atoms in total. The maximum absolute atomic E-state index is 13.9. The van der Waals surface area contributed by atoms with Gasteiger partial charge in [0.05, 0.1) is 25.3 Å². The lowest BCUT2D eigenvalue weighted by atomic mass is 9.84. The summed E-state index contributed by atoms with van der Waals surface area (Å²) >= 11 is 0. The van der Waals surface area contributed by atoms with Gasteiger partial charge < -0.3 is 25.8 Å². The zero-order valence-corrected chi connectivity index (χ0v) is 25.8. The summed E-state index contributed by atoms with van der Waals surface area (Å²) in [6.45, 7) is 1.59. The van der Waals surface area contributed by atoms with Crippen LogP contribution in [-0.2, 0) is 22.5 Å². The first-order chi connectivity index (χ1) is 23.0. The van der Waals surface area contributed by atoms with Crippen molar-refractivity contribution in [2.45, 2.75) is 43.5 Å². The fraction of sp³-hybridized carbons (Fsp3) is 0.250. The van der Waals surface area contributed by atoms with Crippen molar-refractivity contribution in [3.8, 4) is 0 Å². The molecule has 0 bridgehead atoms. The number of rotatable bonds is 12. The van der Waals surface area contributed by atoms with Crippen LogP contribution in [0.2, 0.25) is 0 Å². The van der Waals surface area contributed by atoms with Crippen molar-refractivity contribution in [1.82, 2.24) is 30.8 Å². The molecule has 6 rings (SSSR count). The number of nitrogens with one attached hydrogen (secondary N) is 3. The lowest BCUT2D eigenvalue weighted by Crippen LogP contribution is -2.47. The molecule has 1 aliphatic rings. The number of tetrazole rings is 1. The summed E-state index contributed by atoms with van der Waals surface area (Å²) in [5.74, 6) is -0.380. The first-order valence-corrected chi connectivity index (χ1v) is 15.7. The molecule has 0 spiro atoms. The smallest absolute Gasteiger partial charge is 0.405 e. The van der Waals surface area contributed by atoms with Gasteiger partial charge in [0.15, 0.2) is 5.82 Å². The number of morpholine rings is 1. The van der Waals surface area contributed by atoms with Crippen LogP contribution in [0.3, 0.4) is 0 Å². The number of carbonyl (C=O) groups excluding carboxylic acids is 1. The van der Waals surface area contributed by atoms with Gasteiger partial charge in [0, 0.05) is 18.2 Å². The number of hydrogen-bond acceptors (Lipinski definition) is 7. The van der Waals surface area contributed by atoms with E-state index in [0.29, 0.717) is 44.0 Å². The fourth-order valence-corrected chi connectivity index (χ4v) is 5.90. The molecule has 2 amide bonds. The third-order valence-corrected chi connectivity index (χ3v) is 8.26. The highest BCUT2D eigenvalue weighted by Crippen LogP contribution is 2.30.